The van der Waals surface area contributed by atoms with Gasteiger partial charge in [0.2, 0.25) is 5.96 Å². The lowest BCUT2D eigenvalue weighted by Crippen LogP contribution is -2.21. The number of ether oxygens (including phenoxy) is 1. The molecular formula is C11H15ClN4O. The monoisotopic (exact) mass is 254 g/mol. The average Bonchev–Trinajstić information content (AvgIpc) is 2.27. The standard InChI is InChI=1S/C11H15ClN4O/c1-2-5-17-10-4-3-8(6-9(10)12)7-15-16-11(13)14/h3-4,6-7H,2,5H2,1H3,(H4,13,14,16)/b15-7-. The number of guanidine groups is 1. The molecule has 0 fully saturated rings. The van der Waals surface area contributed by atoms with Crippen molar-refractivity contribution in [1.82, 2.24) is 0 Å². The molecule has 1 rings (SSSR count). The number of nitrogens with two attached hydrogens (primary N) is 2. The molecule has 0 atom stereocenters. The Morgan fingerprint density at radius 1 is 1.47 bits per heavy atom. The lowest BCUT2D eigenvalue weighted by atomic mass is 10.2. The van der Waals surface area contributed by atoms with Gasteiger partial charge in [-0.05, 0) is 30.2 Å². The molecule has 0 amide bonds. The van der Waals surface area contributed by atoms with Gasteiger partial charge in [0.05, 0.1) is 17.8 Å². The van der Waals surface area contributed by atoms with Crippen LogP contribution in [0.4, 0.5) is 0 Å². The lowest BCUT2D eigenvalue weighted by Gasteiger charge is -2.06. The first-order valence-corrected chi connectivity index (χ1v) is 5.55. The summed E-state index contributed by atoms with van der Waals surface area (Å²) in [6.07, 6.45) is 2.44. The second kappa shape index (κ2) is 6.75. The van der Waals surface area contributed by atoms with E-state index in [0.29, 0.717) is 17.4 Å². The smallest absolute Gasteiger partial charge is 0.211 e. The van der Waals surface area contributed by atoms with Crippen molar-refractivity contribution in [1.29, 1.82) is 0 Å². The molecule has 0 aliphatic heterocycles. The van der Waals surface area contributed by atoms with E-state index in [9.17, 15) is 0 Å². The molecule has 0 saturated carbocycles. The maximum atomic E-state index is 6.03. The second-order valence-electron chi connectivity index (χ2n) is 3.31. The highest BCUT2D eigenvalue weighted by Gasteiger charge is 2.01. The Balaban J connectivity index is 2.74. The van der Waals surface area contributed by atoms with Crippen LogP contribution in [0.25, 0.3) is 0 Å². The van der Waals surface area contributed by atoms with Gasteiger partial charge in [-0.3, -0.25) is 0 Å². The Bertz CT molecular complexity index is 427. The average molecular weight is 255 g/mol. The van der Waals surface area contributed by atoms with Crippen molar-refractivity contribution < 1.29 is 4.74 Å². The van der Waals surface area contributed by atoms with Crippen LogP contribution in [-0.4, -0.2) is 18.8 Å². The zero-order valence-electron chi connectivity index (χ0n) is 9.56. The van der Waals surface area contributed by atoms with Gasteiger partial charge in [-0.1, -0.05) is 18.5 Å². The van der Waals surface area contributed by atoms with E-state index in [1.54, 1.807) is 12.1 Å². The summed E-state index contributed by atoms with van der Waals surface area (Å²) in [5, 5.41) is 7.71. The van der Waals surface area contributed by atoms with Gasteiger partial charge in [-0.25, -0.2) is 0 Å². The predicted octanol–water partition coefficient (Wildman–Crippen LogP) is 1.74. The molecule has 0 aromatic heterocycles. The van der Waals surface area contributed by atoms with E-state index in [1.807, 2.05) is 13.0 Å². The molecule has 1 aromatic rings. The van der Waals surface area contributed by atoms with Crippen LogP contribution < -0.4 is 16.2 Å². The highest BCUT2D eigenvalue weighted by molar-refractivity contribution is 6.32. The van der Waals surface area contributed by atoms with Gasteiger partial charge in [0.15, 0.2) is 0 Å². The fourth-order valence-corrected chi connectivity index (χ4v) is 1.33. The minimum absolute atomic E-state index is 0.0877. The predicted molar refractivity (Wildman–Crippen MR) is 70.6 cm³/mol. The van der Waals surface area contributed by atoms with E-state index in [4.69, 9.17) is 27.8 Å². The van der Waals surface area contributed by atoms with E-state index in [1.165, 1.54) is 6.21 Å². The van der Waals surface area contributed by atoms with Gasteiger partial charge in [0.25, 0.3) is 0 Å². The van der Waals surface area contributed by atoms with Gasteiger partial charge in [0, 0.05) is 0 Å². The van der Waals surface area contributed by atoms with Crippen LogP contribution in [0, 0.1) is 0 Å². The van der Waals surface area contributed by atoms with Crippen LogP contribution in [0.2, 0.25) is 5.02 Å². The number of nitrogens with zero attached hydrogens (tertiary/aromatic N) is 2. The molecule has 1 aromatic carbocycles. The van der Waals surface area contributed by atoms with Gasteiger partial charge in [-0.15, -0.1) is 5.10 Å². The first-order valence-electron chi connectivity index (χ1n) is 5.17. The fraction of sp³-hybridized carbons (Fsp3) is 0.273. The Kier molecular flexibility index (Phi) is 5.29. The van der Waals surface area contributed by atoms with Crippen LogP contribution in [-0.2, 0) is 0 Å². The molecule has 5 nitrogen and oxygen atoms in total. The summed E-state index contributed by atoms with van der Waals surface area (Å²) >= 11 is 6.03. The Morgan fingerprint density at radius 2 is 2.24 bits per heavy atom. The number of hydrogen-bond acceptors (Lipinski definition) is 3. The van der Waals surface area contributed by atoms with E-state index in [-0.39, 0.29) is 5.96 Å². The topological polar surface area (TPSA) is 86.0 Å². The van der Waals surface area contributed by atoms with Crippen LogP contribution in [0.3, 0.4) is 0 Å². The first-order chi connectivity index (χ1) is 8.13. The van der Waals surface area contributed by atoms with Crippen molar-refractivity contribution in [2.45, 2.75) is 13.3 Å². The van der Waals surface area contributed by atoms with E-state index in [2.05, 4.69) is 10.2 Å². The van der Waals surface area contributed by atoms with Gasteiger partial charge in [-0.2, -0.15) is 5.10 Å². The fourth-order valence-electron chi connectivity index (χ4n) is 1.09. The van der Waals surface area contributed by atoms with Gasteiger partial charge >= 0.3 is 0 Å². The summed E-state index contributed by atoms with van der Waals surface area (Å²) in [6, 6.07) is 5.34. The molecule has 17 heavy (non-hydrogen) atoms. The molecule has 0 heterocycles. The van der Waals surface area contributed by atoms with Gasteiger partial charge in [0.1, 0.15) is 5.75 Å². The van der Waals surface area contributed by atoms with Crippen molar-refractivity contribution in [3.8, 4) is 5.75 Å². The van der Waals surface area contributed by atoms with Crippen LogP contribution >= 0.6 is 11.6 Å². The van der Waals surface area contributed by atoms with Crippen LogP contribution in [0.1, 0.15) is 18.9 Å². The molecule has 0 aliphatic carbocycles. The summed E-state index contributed by atoms with van der Waals surface area (Å²) in [7, 11) is 0. The van der Waals surface area contributed by atoms with Crippen molar-refractivity contribution in [2.24, 2.45) is 21.7 Å². The Labute approximate surface area is 105 Å². The maximum absolute atomic E-state index is 6.03. The van der Waals surface area contributed by atoms with Gasteiger partial charge < -0.3 is 16.2 Å². The minimum Gasteiger partial charge on any atom is -0.492 e. The van der Waals surface area contributed by atoms with Crippen molar-refractivity contribution in [3.05, 3.63) is 28.8 Å². The zero-order chi connectivity index (χ0) is 12.7. The third kappa shape index (κ3) is 4.74. The highest BCUT2D eigenvalue weighted by atomic mass is 35.5. The Morgan fingerprint density at radius 3 is 2.82 bits per heavy atom. The lowest BCUT2D eigenvalue weighted by molar-refractivity contribution is 0.317. The number of rotatable bonds is 5. The second-order valence-corrected chi connectivity index (χ2v) is 3.71. The summed E-state index contributed by atoms with van der Waals surface area (Å²) < 4.78 is 5.44. The third-order valence-corrected chi connectivity index (χ3v) is 2.09. The SMILES string of the molecule is CCCOc1ccc(/C=N\N=C(N)N)cc1Cl. The number of halogens is 1. The molecule has 0 aliphatic rings. The molecular weight excluding hydrogens is 240 g/mol. The van der Waals surface area contributed by atoms with E-state index in [0.717, 1.165) is 12.0 Å². The molecule has 92 valence electrons. The summed E-state index contributed by atoms with van der Waals surface area (Å²) in [5.41, 5.74) is 11.1. The molecule has 0 bridgehead atoms. The van der Waals surface area contributed by atoms with Crippen molar-refractivity contribution in [2.75, 3.05) is 6.61 Å². The zero-order valence-corrected chi connectivity index (χ0v) is 10.3. The molecule has 0 unspecified atom stereocenters. The molecule has 4 N–H and O–H groups in total. The largest absolute Gasteiger partial charge is 0.492 e. The first kappa shape index (κ1) is 13.3. The van der Waals surface area contributed by atoms with E-state index < -0.39 is 0 Å². The number of hydrogen-bond donors (Lipinski definition) is 2. The molecule has 0 saturated heterocycles. The van der Waals surface area contributed by atoms with Crippen LogP contribution in [0.5, 0.6) is 5.75 Å². The summed E-state index contributed by atoms with van der Waals surface area (Å²) in [5.74, 6) is 0.572. The quantitative estimate of drug-likeness (QED) is 0.477. The normalized spacial score (nSPS) is 10.5. The van der Waals surface area contributed by atoms with Crippen molar-refractivity contribution >= 4 is 23.8 Å². The Hall–Kier alpha value is -1.75. The minimum atomic E-state index is -0.0877. The summed E-state index contributed by atoms with van der Waals surface area (Å²) in [6.45, 7) is 2.67. The van der Waals surface area contributed by atoms with Crippen molar-refractivity contribution in [3.63, 3.8) is 0 Å². The third-order valence-electron chi connectivity index (χ3n) is 1.80. The molecule has 6 heteroatoms. The molecule has 0 radical (unpaired) electrons. The maximum Gasteiger partial charge on any atom is 0.211 e. The van der Waals surface area contributed by atoms with Crippen LogP contribution in [0.15, 0.2) is 28.4 Å². The summed E-state index contributed by atoms with van der Waals surface area (Å²) in [4.78, 5) is 0. The highest BCUT2D eigenvalue weighted by Crippen LogP contribution is 2.24. The number of benzene rings is 1. The molecule has 0 spiro atoms. The van der Waals surface area contributed by atoms with E-state index >= 15 is 0 Å².